The third kappa shape index (κ3) is 3.82. The molecule has 2 aromatic rings. The molecular weight excluding hydrogens is 328 g/mol. The van der Waals surface area contributed by atoms with Gasteiger partial charge in [-0.1, -0.05) is 6.07 Å². The minimum Gasteiger partial charge on any atom is -0.321 e. The minimum absolute atomic E-state index is 0.166. The van der Waals surface area contributed by atoms with Crippen molar-refractivity contribution in [3.8, 4) is 0 Å². The van der Waals surface area contributed by atoms with E-state index in [-0.39, 0.29) is 16.8 Å². The number of hydrogen-bond acceptors (Lipinski definition) is 5. The van der Waals surface area contributed by atoms with E-state index in [2.05, 4.69) is 15.7 Å². The summed E-state index contributed by atoms with van der Waals surface area (Å²) in [4.78, 5) is 12.5. The Morgan fingerprint density at radius 1 is 1.38 bits per heavy atom. The standard InChI is InChI=1S/C16H20N4O3S/c1-24(22,23)14-6-2-4-12(10-14)18-16(21)15-7-9-20(19-15)13-5-3-8-17-11-13/h2,4,6-7,9-10,13,17H,3,5,8,11H2,1H3,(H,18,21). The molecule has 1 unspecified atom stereocenters. The molecular formula is C16H20N4O3S. The maximum absolute atomic E-state index is 12.3. The molecule has 1 fully saturated rings. The number of aromatic nitrogens is 2. The molecule has 24 heavy (non-hydrogen) atoms. The fraction of sp³-hybridized carbons (Fsp3) is 0.375. The van der Waals surface area contributed by atoms with Gasteiger partial charge < -0.3 is 10.6 Å². The van der Waals surface area contributed by atoms with E-state index in [1.165, 1.54) is 12.1 Å². The van der Waals surface area contributed by atoms with Gasteiger partial charge >= 0.3 is 0 Å². The monoisotopic (exact) mass is 348 g/mol. The molecule has 1 saturated heterocycles. The molecule has 0 bridgehead atoms. The van der Waals surface area contributed by atoms with E-state index < -0.39 is 9.84 Å². The predicted molar refractivity (Wildman–Crippen MR) is 90.9 cm³/mol. The first-order valence-electron chi connectivity index (χ1n) is 7.81. The molecule has 0 radical (unpaired) electrons. The Kier molecular flexibility index (Phi) is 4.68. The lowest BCUT2D eigenvalue weighted by Crippen LogP contribution is -2.32. The fourth-order valence-electron chi connectivity index (χ4n) is 2.72. The number of anilines is 1. The number of carbonyl (C=O) groups excluding carboxylic acids is 1. The van der Waals surface area contributed by atoms with Gasteiger partial charge in [0.2, 0.25) is 0 Å². The average Bonchev–Trinajstić information content (AvgIpc) is 3.05. The largest absolute Gasteiger partial charge is 0.321 e. The summed E-state index contributed by atoms with van der Waals surface area (Å²) in [6.45, 7) is 1.86. The van der Waals surface area contributed by atoms with Crippen LogP contribution in [0, 0.1) is 0 Å². The molecule has 3 rings (SSSR count). The summed E-state index contributed by atoms with van der Waals surface area (Å²) in [6.07, 6.45) is 5.06. The zero-order valence-corrected chi connectivity index (χ0v) is 14.2. The number of benzene rings is 1. The van der Waals surface area contributed by atoms with Gasteiger partial charge in [0.15, 0.2) is 15.5 Å². The van der Waals surface area contributed by atoms with E-state index in [0.717, 1.165) is 32.2 Å². The lowest BCUT2D eigenvalue weighted by molar-refractivity contribution is 0.102. The van der Waals surface area contributed by atoms with Gasteiger partial charge in [-0.25, -0.2) is 8.42 Å². The van der Waals surface area contributed by atoms with Crippen molar-refractivity contribution in [3.05, 3.63) is 42.2 Å². The van der Waals surface area contributed by atoms with Crippen LogP contribution in [0.3, 0.4) is 0 Å². The molecule has 2 N–H and O–H groups in total. The van der Waals surface area contributed by atoms with Crippen molar-refractivity contribution in [2.75, 3.05) is 24.7 Å². The van der Waals surface area contributed by atoms with Crippen LogP contribution >= 0.6 is 0 Å². The van der Waals surface area contributed by atoms with Crippen LogP contribution in [0.15, 0.2) is 41.4 Å². The number of carbonyl (C=O) groups is 1. The van der Waals surface area contributed by atoms with Gasteiger partial charge in [0, 0.05) is 24.7 Å². The Labute approximate surface area is 141 Å². The van der Waals surface area contributed by atoms with Crippen LogP contribution in [-0.4, -0.2) is 43.5 Å². The summed E-state index contributed by atoms with van der Waals surface area (Å²) in [7, 11) is -3.31. The fourth-order valence-corrected chi connectivity index (χ4v) is 3.39. The molecule has 1 aliphatic heterocycles. The Hall–Kier alpha value is -2.19. The third-order valence-electron chi connectivity index (χ3n) is 4.01. The van der Waals surface area contributed by atoms with Gasteiger partial charge in [-0.05, 0) is 43.7 Å². The number of amides is 1. The van der Waals surface area contributed by atoms with Crippen LogP contribution in [0.4, 0.5) is 5.69 Å². The van der Waals surface area contributed by atoms with E-state index in [1.54, 1.807) is 24.4 Å². The van der Waals surface area contributed by atoms with Crippen molar-refractivity contribution in [1.82, 2.24) is 15.1 Å². The van der Waals surface area contributed by atoms with E-state index in [1.807, 2.05) is 4.68 Å². The number of nitrogens with zero attached hydrogens (tertiary/aromatic N) is 2. The van der Waals surface area contributed by atoms with Gasteiger partial charge in [-0.15, -0.1) is 0 Å². The number of nitrogens with one attached hydrogen (secondary N) is 2. The van der Waals surface area contributed by atoms with Crippen LogP contribution in [0.5, 0.6) is 0 Å². The summed E-state index contributed by atoms with van der Waals surface area (Å²) in [6, 6.07) is 8.11. The van der Waals surface area contributed by atoms with Gasteiger partial charge in [-0.2, -0.15) is 5.10 Å². The summed E-state index contributed by atoms with van der Waals surface area (Å²) >= 11 is 0. The van der Waals surface area contributed by atoms with Crippen molar-refractivity contribution in [2.24, 2.45) is 0 Å². The molecule has 0 saturated carbocycles. The van der Waals surface area contributed by atoms with Gasteiger partial charge in [0.25, 0.3) is 5.91 Å². The van der Waals surface area contributed by atoms with Crippen molar-refractivity contribution in [3.63, 3.8) is 0 Å². The minimum atomic E-state index is -3.31. The Balaban J connectivity index is 1.72. The summed E-state index contributed by atoms with van der Waals surface area (Å²) < 4.78 is 25.0. The molecule has 1 aromatic heterocycles. The number of hydrogen-bond donors (Lipinski definition) is 2. The topological polar surface area (TPSA) is 93.1 Å². The second-order valence-electron chi connectivity index (χ2n) is 5.94. The van der Waals surface area contributed by atoms with Crippen LogP contribution in [0.25, 0.3) is 0 Å². The van der Waals surface area contributed by atoms with E-state index in [0.29, 0.717) is 11.4 Å². The van der Waals surface area contributed by atoms with Crippen LogP contribution < -0.4 is 10.6 Å². The molecule has 1 aromatic carbocycles. The number of piperidine rings is 1. The lowest BCUT2D eigenvalue weighted by Gasteiger charge is -2.22. The van der Waals surface area contributed by atoms with Gasteiger partial charge in [0.1, 0.15) is 0 Å². The maximum Gasteiger partial charge on any atom is 0.276 e. The summed E-state index contributed by atoms with van der Waals surface area (Å²) in [5.74, 6) is -0.358. The molecule has 7 nitrogen and oxygen atoms in total. The molecule has 8 heteroatoms. The van der Waals surface area contributed by atoms with Gasteiger partial charge in [-0.3, -0.25) is 9.48 Å². The normalized spacial score (nSPS) is 18.3. The summed E-state index contributed by atoms with van der Waals surface area (Å²) in [5, 5.41) is 10.4. The summed E-state index contributed by atoms with van der Waals surface area (Å²) in [5.41, 5.74) is 0.738. The molecule has 1 atom stereocenters. The first kappa shape index (κ1) is 16.7. The van der Waals surface area contributed by atoms with E-state index >= 15 is 0 Å². The first-order valence-corrected chi connectivity index (χ1v) is 9.70. The smallest absolute Gasteiger partial charge is 0.276 e. The Morgan fingerprint density at radius 2 is 2.21 bits per heavy atom. The SMILES string of the molecule is CS(=O)(=O)c1cccc(NC(=O)c2ccn(C3CCCNC3)n2)c1. The zero-order chi connectivity index (χ0) is 17.2. The van der Waals surface area contributed by atoms with Crippen LogP contribution in [0.1, 0.15) is 29.4 Å². The van der Waals surface area contributed by atoms with Gasteiger partial charge in [0.05, 0.1) is 10.9 Å². The van der Waals surface area contributed by atoms with Crippen LogP contribution in [-0.2, 0) is 9.84 Å². The van der Waals surface area contributed by atoms with Crippen molar-refractivity contribution in [2.45, 2.75) is 23.8 Å². The molecule has 0 spiro atoms. The number of rotatable bonds is 4. The Bertz CT molecular complexity index is 839. The maximum atomic E-state index is 12.3. The first-order chi connectivity index (χ1) is 11.4. The van der Waals surface area contributed by atoms with E-state index in [4.69, 9.17) is 0 Å². The zero-order valence-electron chi connectivity index (χ0n) is 13.4. The lowest BCUT2D eigenvalue weighted by atomic mass is 10.1. The highest BCUT2D eigenvalue weighted by atomic mass is 32.2. The Morgan fingerprint density at radius 3 is 2.92 bits per heavy atom. The molecule has 1 aliphatic rings. The third-order valence-corrected chi connectivity index (χ3v) is 5.12. The quantitative estimate of drug-likeness (QED) is 0.873. The molecule has 2 heterocycles. The molecule has 0 aliphatic carbocycles. The second kappa shape index (κ2) is 6.74. The van der Waals surface area contributed by atoms with Crippen molar-refractivity contribution in [1.29, 1.82) is 0 Å². The van der Waals surface area contributed by atoms with Crippen molar-refractivity contribution < 1.29 is 13.2 Å². The average molecular weight is 348 g/mol. The highest BCUT2D eigenvalue weighted by molar-refractivity contribution is 7.90. The van der Waals surface area contributed by atoms with Crippen LogP contribution in [0.2, 0.25) is 0 Å². The van der Waals surface area contributed by atoms with Crippen molar-refractivity contribution >= 4 is 21.4 Å². The second-order valence-corrected chi connectivity index (χ2v) is 7.95. The number of sulfone groups is 1. The predicted octanol–water partition coefficient (Wildman–Crippen LogP) is 1.46. The van der Waals surface area contributed by atoms with E-state index in [9.17, 15) is 13.2 Å². The molecule has 1 amide bonds. The molecule has 128 valence electrons. The highest BCUT2D eigenvalue weighted by Gasteiger charge is 2.18. The highest BCUT2D eigenvalue weighted by Crippen LogP contribution is 2.18.